The van der Waals surface area contributed by atoms with E-state index < -0.39 is 0 Å². The molecule has 2 rings (SSSR count). The fourth-order valence-corrected chi connectivity index (χ4v) is 3.06. The zero-order valence-electron chi connectivity index (χ0n) is 12.2. The Kier molecular flexibility index (Phi) is 4.64. The summed E-state index contributed by atoms with van der Waals surface area (Å²) in [5.74, 6) is 0.998. The number of thiazole rings is 1. The van der Waals surface area contributed by atoms with Crippen LogP contribution in [0.3, 0.4) is 0 Å². The lowest BCUT2D eigenvalue weighted by atomic mass is 10.1. The topological polar surface area (TPSA) is 34.2 Å². The number of anilines is 1. The van der Waals surface area contributed by atoms with Crippen LogP contribution in [0.15, 0.2) is 6.07 Å². The molecule has 0 spiro atoms. The molecule has 0 unspecified atom stereocenters. The number of fused-ring (bicyclic) bond motifs is 1. The summed E-state index contributed by atoms with van der Waals surface area (Å²) in [5, 5.41) is 4.38. The minimum Gasteiger partial charge on any atom is -0.493 e. The van der Waals surface area contributed by atoms with Crippen LogP contribution in [0.5, 0.6) is 5.75 Å². The van der Waals surface area contributed by atoms with Crippen molar-refractivity contribution in [1.29, 1.82) is 0 Å². The number of aryl methyl sites for hydroxylation is 2. The van der Waals surface area contributed by atoms with Crippen molar-refractivity contribution >= 4 is 26.7 Å². The first-order valence-electron chi connectivity index (χ1n) is 6.94. The van der Waals surface area contributed by atoms with Gasteiger partial charge in [0.2, 0.25) is 0 Å². The minimum atomic E-state index is 0.769. The molecule has 1 aromatic heterocycles. The van der Waals surface area contributed by atoms with Gasteiger partial charge in [-0.2, -0.15) is 0 Å². The lowest BCUT2D eigenvalue weighted by Crippen LogP contribution is -1.98. The van der Waals surface area contributed by atoms with Gasteiger partial charge in [0.05, 0.1) is 16.8 Å². The standard InChI is InChI=1S/C15H22N2OS/c1-5-7-16-15-17-13-10(3)9-12(18-8-6-2)11(4)14(13)19-15/h9H,5-8H2,1-4H3,(H,16,17). The number of hydrogen-bond donors (Lipinski definition) is 1. The molecule has 1 aromatic carbocycles. The highest BCUT2D eigenvalue weighted by Crippen LogP contribution is 2.36. The summed E-state index contributed by atoms with van der Waals surface area (Å²) < 4.78 is 7.06. The largest absolute Gasteiger partial charge is 0.493 e. The maximum absolute atomic E-state index is 5.82. The van der Waals surface area contributed by atoms with E-state index >= 15 is 0 Å². The quantitative estimate of drug-likeness (QED) is 0.843. The fraction of sp³-hybridized carbons (Fsp3) is 0.533. The minimum absolute atomic E-state index is 0.769. The first kappa shape index (κ1) is 14.1. The number of hydrogen-bond acceptors (Lipinski definition) is 4. The van der Waals surface area contributed by atoms with E-state index in [2.05, 4.69) is 44.1 Å². The monoisotopic (exact) mass is 278 g/mol. The lowest BCUT2D eigenvalue weighted by Gasteiger charge is -2.09. The molecule has 0 radical (unpaired) electrons. The molecule has 4 heteroatoms. The summed E-state index contributed by atoms with van der Waals surface area (Å²) in [5.41, 5.74) is 3.49. The number of rotatable bonds is 6. The maximum atomic E-state index is 5.82. The Balaban J connectivity index is 2.39. The molecular weight excluding hydrogens is 256 g/mol. The number of benzene rings is 1. The highest BCUT2D eigenvalue weighted by Gasteiger charge is 2.13. The molecule has 1 N–H and O–H groups in total. The molecule has 0 bridgehead atoms. The number of aromatic nitrogens is 1. The van der Waals surface area contributed by atoms with Crippen molar-refractivity contribution in [2.45, 2.75) is 40.5 Å². The third-order valence-corrected chi connectivity index (χ3v) is 4.18. The predicted octanol–water partition coefficient (Wildman–Crippen LogP) is 4.52. The van der Waals surface area contributed by atoms with E-state index in [4.69, 9.17) is 4.74 Å². The van der Waals surface area contributed by atoms with Crippen molar-refractivity contribution in [2.75, 3.05) is 18.5 Å². The number of ether oxygens (including phenoxy) is 1. The smallest absolute Gasteiger partial charge is 0.183 e. The summed E-state index contributed by atoms with van der Waals surface area (Å²) in [4.78, 5) is 4.68. The SMILES string of the molecule is CCCNc1nc2c(C)cc(OCCC)c(C)c2s1. The van der Waals surface area contributed by atoms with Crippen LogP contribution >= 0.6 is 11.3 Å². The van der Waals surface area contributed by atoms with Crippen molar-refractivity contribution in [1.82, 2.24) is 4.98 Å². The van der Waals surface area contributed by atoms with Gasteiger partial charge in [0.25, 0.3) is 0 Å². The Hall–Kier alpha value is -1.29. The van der Waals surface area contributed by atoms with Gasteiger partial charge in [0, 0.05) is 12.1 Å². The summed E-state index contributed by atoms with van der Waals surface area (Å²) in [7, 11) is 0. The van der Waals surface area contributed by atoms with Crippen LogP contribution in [0.4, 0.5) is 5.13 Å². The summed E-state index contributed by atoms with van der Waals surface area (Å²) in [6.45, 7) is 10.2. The van der Waals surface area contributed by atoms with E-state index in [-0.39, 0.29) is 0 Å². The van der Waals surface area contributed by atoms with E-state index in [9.17, 15) is 0 Å². The molecule has 104 valence electrons. The average molecular weight is 278 g/mol. The zero-order chi connectivity index (χ0) is 13.8. The van der Waals surface area contributed by atoms with E-state index in [1.54, 1.807) is 11.3 Å². The second-order valence-corrected chi connectivity index (χ2v) is 5.79. The summed E-state index contributed by atoms with van der Waals surface area (Å²) >= 11 is 1.72. The Morgan fingerprint density at radius 3 is 2.74 bits per heavy atom. The van der Waals surface area contributed by atoms with Gasteiger partial charge in [-0.3, -0.25) is 0 Å². The van der Waals surface area contributed by atoms with Gasteiger partial charge < -0.3 is 10.1 Å². The van der Waals surface area contributed by atoms with E-state index in [0.29, 0.717) is 0 Å². The predicted molar refractivity (Wildman–Crippen MR) is 83.7 cm³/mol. The molecule has 0 saturated carbocycles. The second-order valence-electron chi connectivity index (χ2n) is 4.79. The Bertz CT molecular complexity index is 563. The first-order chi connectivity index (χ1) is 9.17. The fourth-order valence-electron chi connectivity index (χ4n) is 2.00. The van der Waals surface area contributed by atoms with Gasteiger partial charge in [-0.15, -0.1) is 0 Å². The van der Waals surface area contributed by atoms with Crippen LogP contribution in [-0.2, 0) is 0 Å². The van der Waals surface area contributed by atoms with Gasteiger partial charge in [-0.25, -0.2) is 4.98 Å². The summed E-state index contributed by atoms with van der Waals surface area (Å²) in [6.07, 6.45) is 2.14. The molecule has 0 aliphatic heterocycles. The van der Waals surface area contributed by atoms with Crippen molar-refractivity contribution in [3.8, 4) is 5.75 Å². The van der Waals surface area contributed by atoms with Crippen LogP contribution in [0.2, 0.25) is 0 Å². The molecule has 19 heavy (non-hydrogen) atoms. The normalized spacial score (nSPS) is 10.9. The van der Waals surface area contributed by atoms with Crippen LogP contribution in [0.25, 0.3) is 10.2 Å². The van der Waals surface area contributed by atoms with E-state index in [0.717, 1.165) is 42.4 Å². The van der Waals surface area contributed by atoms with Crippen LogP contribution in [-0.4, -0.2) is 18.1 Å². The molecule has 2 aromatic rings. The second kappa shape index (κ2) is 6.24. The highest BCUT2D eigenvalue weighted by atomic mass is 32.1. The van der Waals surface area contributed by atoms with Crippen LogP contribution < -0.4 is 10.1 Å². The van der Waals surface area contributed by atoms with Crippen molar-refractivity contribution in [3.63, 3.8) is 0 Å². The van der Waals surface area contributed by atoms with Gasteiger partial charge in [0.1, 0.15) is 5.75 Å². The van der Waals surface area contributed by atoms with Gasteiger partial charge in [-0.05, 0) is 38.3 Å². The van der Waals surface area contributed by atoms with Crippen LogP contribution in [0, 0.1) is 13.8 Å². The van der Waals surface area contributed by atoms with Gasteiger partial charge in [-0.1, -0.05) is 25.2 Å². The molecule has 0 fully saturated rings. The first-order valence-corrected chi connectivity index (χ1v) is 7.76. The van der Waals surface area contributed by atoms with Crippen molar-refractivity contribution in [2.24, 2.45) is 0 Å². The van der Waals surface area contributed by atoms with Gasteiger partial charge >= 0.3 is 0 Å². The number of nitrogens with one attached hydrogen (secondary N) is 1. The third-order valence-electron chi connectivity index (χ3n) is 3.05. The molecule has 0 aliphatic rings. The molecule has 0 atom stereocenters. The third kappa shape index (κ3) is 3.00. The van der Waals surface area contributed by atoms with Gasteiger partial charge in [0.15, 0.2) is 5.13 Å². The van der Waals surface area contributed by atoms with Crippen LogP contribution in [0.1, 0.15) is 37.8 Å². The van der Waals surface area contributed by atoms with Crippen molar-refractivity contribution in [3.05, 3.63) is 17.2 Å². The molecule has 0 amide bonds. The molecule has 0 saturated heterocycles. The number of nitrogens with zero attached hydrogens (tertiary/aromatic N) is 1. The molecule has 0 aliphatic carbocycles. The molecule has 3 nitrogen and oxygen atoms in total. The average Bonchev–Trinajstić information content (AvgIpc) is 2.84. The summed E-state index contributed by atoms with van der Waals surface area (Å²) in [6, 6.07) is 2.11. The molecule has 1 heterocycles. The zero-order valence-corrected chi connectivity index (χ0v) is 13.0. The Morgan fingerprint density at radius 1 is 1.26 bits per heavy atom. The highest BCUT2D eigenvalue weighted by molar-refractivity contribution is 7.22. The Labute approximate surface area is 119 Å². The lowest BCUT2D eigenvalue weighted by molar-refractivity contribution is 0.316. The van der Waals surface area contributed by atoms with E-state index in [1.165, 1.54) is 15.8 Å². The maximum Gasteiger partial charge on any atom is 0.183 e. The molecular formula is C15H22N2OS. The van der Waals surface area contributed by atoms with Crippen molar-refractivity contribution < 1.29 is 4.74 Å². The Morgan fingerprint density at radius 2 is 2.05 bits per heavy atom. The van der Waals surface area contributed by atoms with E-state index in [1.807, 2.05) is 0 Å².